The molecule has 3 nitrogen and oxygen atoms in total. The number of nitrogens with zero attached hydrogens (tertiary/aromatic N) is 1. The molecule has 0 heterocycles. The van der Waals surface area contributed by atoms with E-state index in [4.69, 9.17) is 5.73 Å². The van der Waals surface area contributed by atoms with Crippen molar-refractivity contribution in [2.75, 3.05) is 18.8 Å². The summed E-state index contributed by atoms with van der Waals surface area (Å²) in [5, 5.41) is 0. The number of nitrogens with two attached hydrogens (primary N) is 1. The lowest BCUT2D eigenvalue weighted by molar-refractivity contribution is -0.136. The van der Waals surface area contributed by atoms with Crippen LogP contribution < -0.4 is 5.73 Å². The first-order valence-corrected chi connectivity index (χ1v) is 6.94. The standard InChI is InChI=1S/C16H26N2O/c1-6-18(11-12(2)3)15(19)16(4,5)13-7-9-14(17)10-8-13/h7-10,12H,6,11,17H2,1-5H3. The molecule has 0 spiro atoms. The van der Waals surface area contributed by atoms with Crippen LogP contribution in [-0.2, 0) is 10.2 Å². The summed E-state index contributed by atoms with van der Waals surface area (Å²) in [6.45, 7) is 11.8. The molecule has 0 aliphatic heterocycles. The summed E-state index contributed by atoms with van der Waals surface area (Å²) in [6, 6.07) is 7.58. The topological polar surface area (TPSA) is 46.3 Å². The Balaban J connectivity index is 2.97. The molecular formula is C16H26N2O. The first-order chi connectivity index (χ1) is 8.78. The van der Waals surface area contributed by atoms with Crippen LogP contribution in [0.4, 0.5) is 5.69 Å². The summed E-state index contributed by atoms with van der Waals surface area (Å²) >= 11 is 0. The van der Waals surface area contributed by atoms with Crippen LogP contribution in [0.1, 0.15) is 40.2 Å². The molecule has 0 saturated carbocycles. The zero-order valence-electron chi connectivity index (χ0n) is 12.7. The Hall–Kier alpha value is -1.51. The first kappa shape index (κ1) is 15.5. The largest absolute Gasteiger partial charge is 0.399 e. The quantitative estimate of drug-likeness (QED) is 0.829. The van der Waals surface area contributed by atoms with Gasteiger partial charge in [-0.2, -0.15) is 0 Å². The highest BCUT2D eigenvalue weighted by Crippen LogP contribution is 2.26. The molecule has 0 aliphatic rings. The molecule has 2 N–H and O–H groups in total. The van der Waals surface area contributed by atoms with Crippen molar-refractivity contribution in [3.05, 3.63) is 29.8 Å². The van der Waals surface area contributed by atoms with Gasteiger partial charge in [0, 0.05) is 18.8 Å². The number of benzene rings is 1. The number of hydrogen-bond acceptors (Lipinski definition) is 2. The Kier molecular flexibility index (Phi) is 4.98. The van der Waals surface area contributed by atoms with Crippen LogP contribution in [0.25, 0.3) is 0 Å². The number of anilines is 1. The third-order valence-electron chi connectivity index (χ3n) is 3.42. The van der Waals surface area contributed by atoms with Gasteiger partial charge < -0.3 is 10.6 Å². The molecule has 0 aromatic heterocycles. The Labute approximate surface area is 116 Å². The van der Waals surface area contributed by atoms with Crippen molar-refractivity contribution in [2.24, 2.45) is 5.92 Å². The van der Waals surface area contributed by atoms with Gasteiger partial charge in [0.25, 0.3) is 0 Å². The minimum absolute atomic E-state index is 0.175. The fraction of sp³-hybridized carbons (Fsp3) is 0.562. The van der Waals surface area contributed by atoms with Crippen molar-refractivity contribution in [3.8, 4) is 0 Å². The van der Waals surface area contributed by atoms with Gasteiger partial charge in [-0.25, -0.2) is 0 Å². The number of nitrogen functional groups attached to an aromatic ring is 1. The molecule has 0 fully saturated rings. The van der Waals surface area contributed by atoms with Gasteiger partial charge in [-0.15, -0.1) is 0 Å². The van der Waals surface area contributed by atoms with E-state index in [9.17, 15) is 4.79 Å². The maximum absolute atomic E-state index is 12.7. The molecule has 106 valence electrons. The van der Waals surface area contributed by atoms with Crippen molar-refractivity contribution in [1.82, 2.24) is 4.90 Å². The van der Waals surface area contributed by atoms with Crippen LogP contribution in [-0.4, -0.2) is 23.9 Å². The van der Waals surface area contributed by atoms with Crippen molar-refractivity contribution in [2.45, 2.75) is 40.0 Å². The third-order valence-corrected chi connectivity index (χ3v) is 3.42. The molecule has 19 heavy (non-hydrogen) atoms. The maximum atomic E-state index is 12.7. The highest BCUT2D eigenvalue weighted by Gasteiger charge is 2.33. The van der Waals surface area contributed by atoms with E-state index in [-0.39, 0.29) is 5.91 Å². The molecule has 1 amide bonds. The molecule has 0 unspecified atom stereocenters. The van der Waals surface area contributed by atoms with Gasteiger partial charge in [0.2, 0.25) is 5.91 Å². The minimum atomic E-state index is -0.515. The number of carbonyl (C=O) groups excluding carboxylic acids is 1. The molecule has 0 saturated heterocycles. The van der Waals surface area contributed by atoms with Crippen LogP contribution in [0.2, 0.25) is 0 Å². The van der Waals surface area contributed by atoms with E-state index >= 15 is 0 Å². The molecule has 0 radical (unpaired) electrons. The second-order valence-electron chi connectivity index (χ2n) is 5.98. The summed E-state index contributed by atoms with van der Waals surface area (Å²) in [6.07, 6.45) is 0. The first-order valence-electron chi connectivity index (χ1n) is 6.94. The number of likely N-dealkylation sites (N-methyl/N-ethyl adjacent to an activating group) is 1. The molecule has 0 bridgehead atoms. The average molecular weight is 262 g/mol. The van der Waals surface area contributed by atoms with E-state index in [0.29, 0.717) is 5.92 Å². The Morgan fingerprint density at radius 3 is 2.21 bits per heavy atom. The van der Waals surface area contributed by atoms with E-state index in [0.717, 1.165) is 24.3 Å². The van der Waals surface area contributed by atoms with Gasteiger partial charge in [0.15, 0.2) is 0 Å². The number of rotatable bonds is 5. The van der Waals surface area contributed by atoms with E-state index in [1.54, 1.807) is 0 Å². The van der Waals surface area contributed by atoms with E-state index in [2.05, 4.69) is 13.8 Å². The van der Waals surface area contributed by atoms with Gasteiger partial charge in [-0.3, -0.25) is 4.79 Å². The van der Waals surface area contributed by atoms with E-state index < -0.39 is 5.41 Å². The summed E-state index contributed by atoms with van der Waals surface area (Å²) in [5.74, 6) is 0.652. The second-order valence-corrected chi connectivity index (χ2v) is 5.98. The fourth-order valence-corrected chi connectivity index (χ4v) is 2.21. The summed E-state index contributed by atoms with van der Waals surface area (Å²) in [7, 11) is 0. The summed E-state index contributed by atoms with van der Waals surface area (Å²) in [4.78, 5) is 14.6. The van der Waals surface area contributed by atoms with Crippen molar-refractivity contribution in [1.29, 1.82) is 0 Å². The lowest BCUT2D eigenvalue weighted by atomic mass is 9.83. The summed E-state index contributed by atoms with van der Waals surface area (Å²) < 4.78 is 0. The zero-order chi connectivity index (χ0) is 14.6. The minimum Gasteiger partial charge on any atom is -0.399 e. The van der Waals surface area contributed by atoms with Crippen LogP contribution >= 0.6 is 0 Å². The SMILES string of the molecule is CCN(CC(C)C)C(=O)C(C)(C)c1ccc(N)cc1. The van der Waals surface area contributed by atoms with Gasteiger partial charge in [0.05, 0.1) is 5.41 Å². The smallest absolute Gasteiger partial charge is 0.232 e. The molecular weight excluding hydrogens is 236 g/mol. The van der Waals surface area contributed by atoms with Crippen molar-refractivity contribution >= 4 is 11.6 Å². The summed E-state index contributed by atoms with van der Waals surface area (Å²) in [5.41, 5.74) is 6.92. The predicted octanol–water partition coefficient (Wildman–Crippen LogP) is 3.05. The van der Waals surface area contributed by atoms with Crippen LogP contribution in [0, 0.1) is 5.92 Å². The molecule has 0 atom stereocenters. The maximum Gasteiger partial charge on any atom is 0.232 e. The monoisotopic (exact) mass is 262 g/mol. The lowest BCUT2D eigenvalue weighted by Gasteiger charge is -2.32. The zero-order valence-corrected chi connectivity index (χ0v) is 12.7. The Morgan fingerprint density at radius 1 is 1.26 bits per heavy atom. The second kappa shape index (κ2) is 6.09. The van der Waals surface area contributed by atoms with Crippen molar-refractivity contribution < 1.29 is 4.79 Å². The Morgan fingerprint density at radius 2 is 1.79 bits per heavy atom. The average Bonchev–Trinajstić information content (AvgIpc) is 2.35. The molecule has 3 heteroatoms. The van der Waals surface area contributed by atoms with Crippen LogP contribution in [0.15, 0.2) is 24.3 Å². The highest BCUT2D eigenvalue weighted by molar-refractivity contribution is 5.87. The molecule has 1 aromatic carbocycles. The number of amides is 1. The lowest BCUT2D eigenvalue weighted by Crippen LogP contribution is -2.44. The Bertz CT molecular complexity index is 421. The van der Waals surface area contributed by atoms with Crippen LogP contribution in [0.5, 0.6) is 0 Å². The van der Waals surface area contributed by atoms with Crippen molar-refractivity contribution in [3.63, 3.8) is 0 Å². The van der Waals surface area contributed by atoms with E-state index in [1.807, 2.05) is 49.9 Å². The van der Waals surface area contributed by atoms with Gasteiger partial charge in [-0.05, 0) is 44.4 Å². The van der Waals surface area contributed by atoms with Gasteiger partial charge in [-0.1, -0.05) is 26.0 Å². The predicted molar refractivity (Wildman–Crippen MR) is 81.0 cm³/mol. The third kappa shape index (κ3) is 3.72. The molecule has 1 aromatic rings. The van der Waals surface area contributed by atoms with Crippen LogP contribution in [0.3, 0.4) is 0 Å². The molecule has 1 rings (SSSR count). The fourth-order valence-electron chi connectivity index (χ4n) is 2.21. The van der Waals surface area contributed by atoms with E-state index in [1.165, 1.54) is 0 Å². The number of carbonyl (C=O) groups is 1. The normalized spacial score (nSPS) is 11.7. The van der Waals surface area contributed by atoms with Gasteiger partial charge in [0.1, 0.15) is 0 Å². The molecule has 0 aliphatic carbocycles. The highest BCUT2D eigenvalue weighted by atomic mass is 16.2. The van der Waals surface area contributed by atoms with Gasteiger partial charge >= 0.3 is 0 Å². The number of hydrogen-bond donors (Lipinski definition) is 1.